The van der Waals surface area contributed by atoms with Crippen molar-refractivity contribution in [2.24, 2.45) is 5.92 Å². The van der Waals surface area contributed by atoms with Gasteiger partial charge in [-0.05, 0) is 24.8 Å². The average Bonchev–Trinajstić information content (AvgIpc) is 2.83. The number of hydrogen-bond acceptors (Lipinski definition) is 5. The summed E-state index contributed by atoms with van der Waals surface area (Å²) < 4.78 is 1.49. The average molecular weight is 450 g/mol. The van der Waals surface area contributed by atoms with Crippen molar-refractivity contribution in [1.29, 1.82) is 0 Å². The maximum absolute atomic E-state index is 13.3. The van der Waals surface area contributed by atoms with Crippen LogP contribution in [0.25, 0.3) is 0 Å². The van der Waals surface area contributed by atoms with E-state index >= 15 is 0 Å². The van der Waals surface area contributed by atoms with Gasteiger partial charge in [-0.3, -0.25) is 14.6 Å². The van der Waals surface area contributed by atoms with E-state index in [1.165, 1.54) is 15.8 Å². The quantitative estimate of drug-likeness (QED) is 0.701. The molecule has 172 valence electrons. The van der Waals surface area contributed by atoms with Crippen LogP contribution in [-0.4, -0.2) is 49.8 Å². The topological polar surface area (TPSA) is 103 Å². The van der Waals surface area contributed by atoms with E-state index in [1.807, 2.05) is 61.3 Å². The number of aromatic hydroxyl groups is 1. The van der Waals surface area contributed by atoms with Gasteiger partial charge in [0.15, 0.2) is 11.4 Å². The summed E-state index contributed by atoms with van der Waals surface area (Å²) in [7, 11) is 0. The number of carbonyl (C=O) groups excluding carboxylic acids is 1. The molecule has 1 aliphatic heterocycles. The molecule has 1 aromatic heterocycles. The van der Waals surface area contributed by atoms with Gasteiger partial charge in [0.05, 0.1) is 0 Å². The Balaban J connectivity index is 2.03. The molecule has 2 N–H and O–H groups in total. The van der Waals surface area contributed by atoms with Crippen molar-refractivity contribution in [3.8, 4) is 5.75 Å². The third-order valence-corrected chi connectivity index (χ3v) is 6.38. The SMILES string of the molecule is CCN1C(=O)c2c(O)c(=O)c(C(=O)O)cn2C(C(c2ccccc2)C2C=CC=CC2)N1CC. The number of fused-ring (bicyclic) bond motifs is 1. The highest BCUT2D eigenvalue weighted by molar-refractivity contribution is 5.97. The predicted molar refractivity (Wildman–Crippen MR) is 123 cm³/mol. The minimum absolute atomic E-state index is 0.0473. The molecule has 2 aliphatic rings. The number of allylic oxidation sites excluding steroid dienone is 4. The van der Waals surface area contributed by atoms with Crippen molar-refractivity contribution in [3.05, 3.63) is 87.9 Å². The number of benzene rings is 1. The zero-order chi connectivity index (χ0) is 23.7. The van der Waals surface area contributed by atoms with Crippen LogP contribution < -0.4 is 5.43 Å². The minimum Gasteiger partial charge on any atom is -0.503 e. The maximum Gasteiger partial charge on any atom is 0.341 e. The number of hydrazine groups is 1. The standard InChI is InChI=1S/C25H27N3O5/c1-3-27-23(19(16-11-7-5-8-12-16)17-13-9-6-10-14-17)26-15-18(25(32)33)21(29)22(30)20(26)24(31)28(27)4-2/h5-13,15,17,19,23,30H,3-4,14H2,1-2H3,(H,32,33). The molecule has 4 rings (SSSR count). The summed E-state index contributed by atoms with van der Waals surface area (Å²) in [5, 5.41) is 23.7. The number of aromatic nitrogens is 1. The highest BCUT2D eigenvalue weighted by Gasteiger charge is 2.45. The monoisotopic (exact) mass is 449 g/mol. The third kappa shape index (κ3) is 3.76. The van der Waals surface area contributed by atoms with Crippen molar-refractivity contribution in [1.82, 2.24) is 14.6 Å². The van der Waals surface area contributed by atoms with Gasteiger partial charge in [0.1, 0.15) is 11.7 Å². The van der Waals surface area contributed by atoms with Crippen molar-refractivity contribution in [2.75, 3.05) is 13.1 Å². The molecule has 8 nitrogen and oxygen atoms in total. The summed E-state index contributed by atoms with van der Waals surface area (Å²) in [6.45, 7) is 4.55. The molecule has 0 saturated heterocycles. The second-order valence-electron chi connectivity index (χ2n) is 8.12. The lowest BCUT2D eigenvalue weighted by atomic mass is 9.79. The fourth-order valence-corrected chi connectivity index (χ4v) is 4.94. The Bertz CT molecular complexity index is 1180. The van der Waals surface area contributed by atoms with Gasteiger partial charge in [0, 0.05) is 25.2 Å². The Hall–Kier alpha value is -3.65. The minimum atomic E-state index is -1.45. The van der Waals surface area contributed by atoms with E-state index in [0.29, 0.717) is 13.1 Å². The summed E-state index contributed by atoms with van der Waals surface area (Å²) in [6.07, 6.45) is 9.58. The van der Waals surface area contributed by atoms with Crippen molar-refractivity contribution < 1.29 is 19.8 Å². The van der Waals surface area contributed by atoms with Crippen LogP contribution in [0, 0.1) is 5.92 Å². The summed E-state index contributed by atoms with van der Waals surface area (Å²) in [6, 6.07) is 9.84. The zero-order valence-corrected chi connectivity index (χ0v) is 18.6. The molecule has 0 spiro atoms. The molecule has 3 unspecified atom stereocenters. The molecular formula is C25H27N3O5. The summed E-state index contributed by atoms with van der Waals surface area (Å²) in [5.41, 5.74) is -0.797. The van der Waals surface area contributed by atoms with Crippen LogP contribution in [-0.2, 0) is 0 Å². The molecule has 1 amide bonds. The zero-order valence-electron chi connectivity index (χ0n) is 18.6. The second-order valence-corrected chi connectivity index (χ2v) is 8.12. The van der Waals surface area contributed by atoms with E-state index in [0.717, 1.165) is 12.0 Å². The number of likely N-dealkylation sites (N-methyl/N-ethyl adjacent to an activating group) is 1. The van der Waals surface area contributed by atoms with Crippen molar-refractivity contribution >= 4 is 11.9 Å². The first kappa shape index (κ1) is 22.5. The molecule has 33 heavy (non-hydrogen) atoms. The van der Waals surface area contributed by atoms with E-state index in [-0.39, 0.29) is 17.5 Å². The number of nitrogens with zero attached hydrogens (tertiary/aromatic N) is 3. The molecule has 0 fully saturated rings. The number of aromatic carboxylic acids is 1. The molecule has 0 radical (unpaired) electrons. The number of amides is 1. The smallest absolute Gasteiger partial charge is 0.341 e. The lowest BCUT2D eigenvalue weighted by Gasteiger charge is -2.49. The van der Waals surface area contributed by atoms with E-state index in [9.17, 15) is 24.6 Å². The molecule has 2 aromatic rings. The van der Waals surface area contributed by atoms with Crippen LogP contribution >= 0.6 is 0 Å². The Morgan fingerprint density at radius 1 is 1.12 bits per heavy atom. The van der Waals surface area contributed by atoms with Crippen LogP contribution in [0.4, 0.5) is 0 Å². The third-order valence-electron chi connectivity index (χ3n) is 6.38. The van der Waals surface area contributed by atoms with E-state index in [4.69, 9.17) is 0 Å². The Morgan fingerprint density at radius 3 is 2.42 bits per heavy atom. The number of rotatable bonds is 6. The maximum atomic E-state index is 13.3. The first-order valence-electron chi connectivity index (χ1n) is 11.1. The van der Waals surface area contributed by atoms with Crippen LogP contribution in [0.15, 0.2) is 65.6 Å². The number of carboxylic acid groups (broad SMARTS) is 1. The highest BCUT2D eigenvalue weighted by atomic mass is 16.4. The number of carboxylic acids is 1. The van der Waals surface area contributed by atoms with Crippen molar-refractivity contribution in [2.45, 2.75) is 32.4 Å². The van der Waals surface area contributed by atoms with E-state index in [2.05, 4.69) is 12.2 Å². The van der Waals surface area contributed by atoms with Crippen LogP contribution in [0.1, 0.15) is 58.8 Å². The molecule has 3 atom stereocenters. The first-order chi connectivity index (χ1) is 15.9. The van der Waals surface area contributed by atoms with E-state index in [1.54, 1.807) is 0 Å². The largest absolute Gasteiger partial charge is 0.503 e. The lowest BCUT2D eigenvalue weighted by molar-refractivity contribution is -0.0844. The Labute approximate surface area is 191 Å². The fraction of sp³-hybridized carbons (Fsp3) is 0.320. The highest BCUT2D eigenvalue weighted by Crippen LogP contribution is 2.44. The Kier molecular flexibility index (Phi) is 6.20. The lowest BCUT2D eigenvalue weighted by Crippen LogP contribution is -2.57. The molecule has 1 aliphatic carbocycles. The molecule has 2 heterocycles. The number of hydrogen-bond donors (Lipinski definition) is 2. The number of pyridine rings is 1. The normalized spacial score (nSPS) is 21.2. The van der Waals surface area contributed by atoms with Crippen LogP contribution in [0.5, 0.6) is 5.75 Å². The van der Waals surface area contributed by atoms with Gasteiger partial charge in [0.25, 0.3) is 5.91 Å². The number of carbonyl (C=O) groups is 2. The van der Waals surface area contributed by atoms with Gasteiger partial charge >= 0.3 is 5.97 Å². The van der Waals surface area contributed by atoms with Gasteiger partial charge in [-0.25, -0.2) is 4.79 Å². The fourth-order valence-electron chi connectivity index (χ4n) is 4.94. The van der Waals surface area contributed by atoms with Crippen LogP contribution in [0.3, 0.4) is 0 Å². The first-order valence-corrected chi connectivity index (χ1v) is 11.1. The predicted octanol–water partition coefficient (Wildman–Crippen LogP) is 3.38. The molecule has 8 heteroatoms. The van der Waals surface area contributed by atoms with Crippen molar-refractivity contribution in [3.63, 3.8) is 0 Å². The second kappa shape index (κ2) is 9.07. The Morgan fingerprint density at radius 2 is 1.85 bits per heavy atom. The molecule has 1 aromatic carbocycles. The summed E-state index contributed by atoms with van der Waals surface area (Å²) >= 11 is 0. The van der Waals surface area contributed by atoms with Gasteiger partial charge < -0.3 is 14.8 Å². The summed E-state index contributed by atoms with van der Waals surface area (Å²) in [4.78, 5) is 37.7. The molecule has 0 bridgehead atoms. The van der Waals surface area contributed by atoms with Gasteiger partial charge in [-0.15, -0.1) is 0 Å². The van der Waals surface area contributed by atoms with Gasteiger partial charge in [-0.2, -0.15) is 5.01 Å². The van der Waals surface area contributed by atoms with Gasteiger partial charge in [-0.1, -0.05) is 61.6 Å². The molecular weight excluding hydrogens is 422 g/mol. The van der Waals surface area contributed by atoms with E-state index < -0.39 is 34.8 Å². The summed E-state index contributed by atoms with van der Waals surface area (Å²) in [5.74, 6) is -2.96. The molecule has 0 saturated carbocycles. The van der Waals surface area contributed by atoms with Crippen LogP contribution in [0.2, 0.25) is 0 Å². The van der Waals surface area contributed by atoms with Gasteiger partial charge in [0.2, 0.25) is 5.43 Å².